The van der Waals surface area contributed by atoms with Crippen LogP contribution in [-0.2, 0) is 0 Å². The Morgan fingerprint density at radius 2 is 1.77 bits per heavy atom. The Morgan fingerprint density at radius 3 is 2.38 bits per heavy atom. The van der Waals surface area contributed by atoms with Crippen molar-refractivity contribution < 1.29 is 4.39 Å². The van der Waals surface area contributed by atoms with Crippen molar-refractivity contribution in [2.24, 2.45) is 10.9 Å². The van der Waals surface area contributed by atoms with Crippen molar-refractivity contribution in [1.29, 1.82) is 0 Å². The van der Waals surface area contributed by atoms with Crippen LogP contribution >= 0.6 is 23.5 Å². The lowest BCUT2D eigenvalue weighted by Crippen LogP contribution is -2.08. The van der Waals surface area contributed by atoms with Crippen LogP contribution in [0.2, 0.25) is 0 Å². The summed E-state index contributed by atoms with van der Waals surface area (Å²) in [5.41, 5.74) is 0.964. The molecular weight excluding hydrogens is 361 g/mol. The van der Waals surface area contributed by atoms with Crippen molar-refractivity contribution in [3.63, 3.8) is 0 Å². The average molecular weight is 388 g/mol. The lowest BCUT2D eigenvalue weighted by atomic mass is 10.1. The topological polar surface area (TPSA) is 12.4 Å². The summed E-state index contributed by atoms with van der Waals surface area (Å²) in [6, 6.07) is 16.6. The van der Waals surface area contributed by atoms with E-state index in [1.54, 1.807) is 23.9 Å². The molecular formula is C22H26FNS2. The van der Waals surface area contributed by atoms with E-state index in [1.165, 1.54) is 18.6 Å². The number of halogens is 1. The highest BCUT2D eigenvalue weighted by Gasteiger charge is 2.12. The summed E-state index contributed by atoms with van der Waals surface area (Å²) < 4.78 is 13.0. The number of rotatable bonds is 8. The minimum Gasteiger partial charge on any atom is -0.242 e. The first-order valence-electron chi connectivity index (χ1n) is 8.96. The molecule has 0 aliphatic rings. The number of para-hydroxylation sites is 1. The van der Waals surface area contributed by atoms with Gasteiger partial charge in [-0.3, -0.25) is 0 Å². The van der Waals surface area contributed by atoms with Gasteiger partial charge in [0.05, 0.1) is 10.7 Å². The second kappa shape index (κ2) is 11.2. The monoisotopic (exact) mass is 387 g/mol. The first kappa shape index (κ1) is 20.8. The summed E-state index contributed by atoms with van der Waals surface area (Å²) in [6.07, 6.45) is 4.36. The average Bonchev–Trinajstić information content (AvgIpc) is 2.63. The number of aliphatic imine (C=N–C) groups is 1. The minimum absolute atomic E-state index is 0.209. The summed E-state index contributed by atoms with van der Waals surface area (Å²) in [6.45, 7) is 6.76. The van der Waals surface area contributed by atoms with Crippen LogP contribution in [0.15, 0.2) is 76.0 Å². The van der Waals surface area contributed by atoms with E-state index < -0.39 is 0 Å². The van der Waals surface area contributed by atoms with E-state index in [0.717, 1.165) is 22.0 Å². The number of thioether (sulfide) groups is 2. The Morgan fingerprint density at radius 1 is 1.08 bits per heavy atom. The summed E-state index contributed by atoms with van der Waals surface area (Å²) in [5, 5.41) is 3.60. The molecule has 0 saturated carbocycles. The Balaban J connectivity index is 2.12. The molecule has 0 aliphatic carbocycles. The lowest BCUT2D eigenvalue weighted by molar-refractivity contribution is 0.562. The summed E-state index contributed by atoms with van der Waals surface area (Å²) in [5.74, 6) is 0.461. The standard InChI is InChI=1S/C22H26FNS2/c1-4-20(16-17(2)3)26-22(24-19-8-6-5-7-9-19)14-15-25-21-12-10-18(23)11-13-21/h5-15,17,20H,4,16H2,1-3H3/b15-14+,24-22?. The molecule has 1 atom stereocenters. The molecule has 2 aromatic carbocycles. The second-order valence-corrected chi connectivity index (χ2v) is 8.74. The van der Waals surface area contributed by atoms with Crippen LogP contribution in [-0.4, -0.2) is 10.3 Å². The maximum absolute atomic E-state index is 13.0. The molecule has 0 aromatic heterocycles. The third-order valence-electron chi connectivity index (χ3n) is 3.70. The summed E-state index contributed by atoms with van der Waals surface area (Å²) in [7, 11) is 0. The van der Waals surface area contributed by atoms with Crippen molar-refractivity contribution in [2.45, 2.75) is 43.8 Å². The second-order valence-electron chi connectivity index (χ2n) is 6.44. The van der Waals surface area contributed by atoms with Crippen molar-refractivity contribution in [3.05, 3.63) is 71.9 Å². The van der Waals surface area contributed by atoms with Crippen LogP contribution in [0.4, 0.5) is 10.1 Å². The number of hydrogen-bond donors (Lipinski definition) is 0. The van der Waals surface area contributed by atoms with Crippen LogP contribution in [0, 0.1) is 11.7 Å². The third kappa shape index (κ3) is 7.79. The smallest absolute Gasteiger partial charge is 0.123 e. The van der Waals surface area contributed by atoms with Crippen molar-refractivity contribution in [1.82, 2.24) is 0 Å². The molecule has 0 amide bonds. The van der Waals surface area contributed by atoms with E-state index in [9.17, 15) is 4.39 Å². The molecule has 0 saturated heterocycles. The van der Waals surface area contributed by atoms with Gasteiger partial charge in [0.15, 0.2) is 0 Å². The van der Waals surface area contributed by atoms with Gasteiger partial charge in [-0.15, -0.1) is 11.8 Å². The first-order valence-corrected chi connectivity index (χ1v) is 10.7. The molecule has 1 nitrogen and oxygen atoms in total. The Labute approximate surface area is 165 Å². The van der Waals surface area contributed by atoms with Gasteiger partial charge in [0.2, 0.25) is 0 Å². The SMILES string of the molecule is CCC(CC(C)C)SC(/C=C/Sc1ccc(F)cc1)=Nc1ccccc1. The molecule has 1 unspecified atom stereocenters. The van der Waals surface area contributed by atoms with Gasteiger partial charge in [0.25, 0.3) is 0 Å². The van der Waals surface area contributed by atoms with Crippen molar-refractivity contribution in [3.8, 4) is 0 Å². The molecule has 0 bridgehead atoms. The van der Waals surface area contributed by atoms with Gasteiger partial charge in [0.1, 0.15) is 5.82 Å². The van der Waals surface area contributed by atoms with E-state index in [-0.39, 0.29) is 5.82 Å². The van der Waals surface area contributed by atoms with Crippen molar-refractivity contribution >= 4 is 34.3 Å². The van der Waals surface area contributed by atoms with Crippen LogP contribution in [0.1, 0.15) is 33.6 Å². The highest BCUT2D eigenvalue weighted by Crippen LogP contribution is 2.27. The molecule has 2 aromatic rings. The predicted molar refractivity (Wildman–Crippen MR) is 116 cm³/mol. The first-order chi connectivity index (χ1) is 12.6. The molecule has 0 spiro atoms. The Bertz CT molecular complexity index is 709. The van der Waals surface area contributed by atoms with Gasteiger partial charge in [-0.05, 0) is 66.6 Å². The fourth-order valence-electron chi connectivity index (χ4n) is 2.41. The number of nitrogens with zero attached hydrogens (tertiary/aromatic N) is 1. The van der Waals surface area contributed by atoms with Crippen molar-refractivity contribution in [2.75, 3.05) is 0 Å². The van der Waals surface area contributed by atoms with E-state index in [1.807, 2.05) is 47.5 Å². The van der Waals surface area contributed by atoms with Gasteiger partial charge in [0, 0.05) is 10.1 Å². The molecule has 4 heteroatoms. The van der Waals surface area contributed by atoms with E-state index in [2.05, 4.69) is 26.8 Å². The largest absolute Gasteiger partial charge is 0.242 e. The molecule has 0 radical (unpaired) electrons. The maximum atomic E-state index is 13.0. The molecule has 0 aliphatic heterocycles. The predicted octanol–water partition coefficient (Wildman–Crippen LogP) is 7.72. The van der Waals surface area contributed by atoms with Gasteiger partial charge in [-0.25, -0.2) is 9.38 Å². The maximum Gasteiger partial charge on any atom is 0.123 e. The van der Waals surface area contributed by atoms with E-state index in [4.69, 9.17) is 4.99 Å². The van der Waals surface area contributed by atoms with Crippen LogP contribution in [0.25, 0.3) is 0 Å². The van der Waals surface area contributed by atoms with Crippen LogP contribution in [0.5, 0.6) is 0 Å². The van der Waals surface area contributed by atoms with Crippen LogP contribution in [0.3, 0.4) is 0 Å². The molecule has 0 heterocycles. The van der Waals surface area contributed by atoms with Gasteiger partial charge < -0.3 is 0 Å². The Kier molecular flexibility index (Phi) is 8.99. The fraction of sp³-hybridized carbons (Fsp3) is 0.318. The molecule has 2 rings (SSSR count). The summed E-state index contributed by atoms with van der Waals surface area (Å²) >= 11 is 3.42. The van der Waals surface area contributed by atoms with E-state index in [0.29, 0.717) is 11.2 Å². The quantitative estimate of drug-likeness (QED) is 0.261. The minimum atomic E-state index is -0.209. The lowest BCUT2D eigenvalue weighted by Gasteiger charge is -2.16. The highest BCUT2D eigenvalue weighted by molar-refractivity contribution is 8.15. The van der Waals surface area contributed by atoms with Crippen LogP contribution < -0.4 is 0 Å². The zero-order valence-electron chi connectivity index (χ0n) is 15.6. The molecule has 0 N–H and O–H groups in total. The molecule has 26 heavy (non-hydrogen) atoms. The molecule has 138 valence electrons. The highest BCUT2D eigenvalue weighted by atomic mass is 32.2. The Hall–Kier alpha value is -1.52. The van der Waals surface area contributed by atoms with Gasteiger partial charge in [-0.2, -0.15) is 0 Å². The third-order valence-corrected chi connectivity index (χ3v) is 5.85. The van der Waals surface area contributed by atoms with E-state index >= 15 is 0 Å². The summed E-state index contributed by atoms with van der Waals surface area (Å²) in [4.78, 5) is 5.83. The van der Waals surface area contributed by atoms with Gasteiger partial charge in [-0.1, -0.05) is 50.7 Å². The number of hydrogen-bond acceptors (Lipinski definition) is 3. The fourth-order valence-corrected chi connectivity index (χ4v) is 4.44. The normalized spacial score (nSPS) is 13.5. The number of benzene rings is 2. The zero-order chi connectivity index (χ0) is 18.8. The zero-order valence-corrected chi connectivity index (χ0v) is 17.2. The van der Waals surface area contributed by atoms with Gasteiger partial charge >= 0.3 is 0 Å². The molecule has 0 fully saturated rings.